The summed E-state index contributed by atoms with van der Waals surface area (Å²) in [5.74, 6) is -0.00563. The summed E-state index contributed by atoms with van der Waals surface area (Å²) in [6.45, 7) is 22.1. The van der Waals surface area contributed by atoms with E-state index < -0.39 is 0 Å². The first-order valence-electron chi connectivity index (χ1n) is 24.3. The molecule has 0 aromatic heterocycles. The molecule has 0 bridgehead atoms. The minimum atomic E-state index is -0.128. The summed E-state index contributed by atoms with van der Waals surface area (Å²) in [4.78, 5) is 13.3. The van der Waals surface area contributed by atoms with Gasteiger partial charge in [-0.05, 0) is 134 Å². The van der Waals surface area contributed by atoms with Crippen molar-refractivity contribution >= 4 is 5.97 Å². The predicted molar refractivity (Wildman–Crippen MR) is 252 cm³/mol. The standard InChI is InChI=1S/C53H99NO2/c1-48(2)42-38-34-30-26-22-18-14-10-12-16-20-24-28-32-36-40-44-50(56-51(55)46-52(5,6)53(7,8)47-54-9)45-41-37-33-29-25-21-17-13-11-15-19-23-27-31-35-39-43-49(3)4/h10-13,50,54H,1,3,14-47H2,2,4-9H3/b12-10-,13-11-. The second-order valence-corrected chi connectivity index (χ2v) is 19.2. The fourth-order valence-corrected chi connectivity index (χ4v) is 7.72. The Labute approximate surface area is 352 Å². The molecule has 0 aliphatic heterocycles. The van der Waals surface area contributed by atoms with Crippen molar-refractivity contribution < 1.29 is 9.53 Å². The van der Waals surface area contributed by atoms with Crippen LogP contribution in [-0.2, 0) is 9.53 Å². The maximum atomic E-state index is 13.3. The molecule has 0 aliphatic carbocycles. The zero-order chi connectivity index (χ0) is 41.6. The molecule has 0 amide bonds. The van der Waals surface area contributed by atoms with Gasteiger partial charge >= 0.3 is 5.97 Å². The number of hydrogen-bond acceptors (Lipinski definition) is 3. The molecule has 3 heteroatoms. The highest BCUT2D eigenvalue weighted by Gasteiger charge is 2.38. The summed E-state index contributed by atoms with van der Waals surface area (Å²) >= 11 is 0. The topological polar surface area (TPSA) is 38.3 Å². The molecule has 0 fully saturated rings. The fourth-order valence-electron chi connectivity index (χ4n) is 7.72. The van der Waals surface area contributed by atoms with Crippen LogP contribution in [0.2, 0.25) is 0 Å². The molecule has 0 radical (unpaired) electrons. The molecule has 328 valence electrons. The lowest BCUT2D eigenvalue weighted by Crippen LogP contribution is -2.42. The highest BCUT2D eigenvalue weighted by atomic mass is 16.5. The Kier molecular flexibility index (Phi) is 36.6. The number of carbonyl (C=O) groups is 1. The van der Waals surface area contributed by atoms with E-state index in [-0.39, 0.29) is 22.9 Å². The number of carbonyl (C=O) groups excluding carboxylic acids is 1. The Bertz CT molecular complexity index is 932. The minimum Gasteiger partial charge on any atom is -0.462 e. The number of hydrogen-bond donors (Lipinski definition) is 1. The molecule has 0 heterocycles. The van der Waals surface area contributed by atoms with Gasteiger partial charge < -0.3 is 10.1 Å². The van der Waals surface area contributed by atoms with Gasteiger partial charge in [-0.15, -0.1) is 13.2 Å². The van der Waals surface area contributed by atoms with Crippen molar-refractivity contribution in [3.8, 4) is 0 Å². The molecule has 1 N–H and O–H groups in total. The van der Waals surface area contributed by atoms with Gasteiger partial charge in [0.2, 0.25) is 0 Å². The van der Waals surface area contributed by atoms with Crippen LogP contribution in [0.4, 0.5) is 0 Å². The molecule has 0 saturated carbocycles. The van der Waals surface area contributed by atoms with Gasteiger partial charge in [-0.3, -0.25) is 4.79 Å². The van der Waals surface area contributed by atoms with Crippen LogP contribution in [0.1, 0.15) is 253 Å². The summed E-state index contributed by atoms with van der Waals surface area (Å²) < 4.78 is 6.25. The molecule has 0 aliphatic rings. The quantitative estimate of drug-likeness (QED) is 0.0381. The lowest BCUT2D eigenvalue weighted by atomic mass is 9.66. The third kappa shape index (κ3) is 35.5. The number of allylic oxidation sites excluding steroid dienone is 6. The SMILES string of the molecule is C=C(C)CCCCCCCC/C=C\CCCCCCCCC(CCCCCCCC/C=C\CCCCCCCCC(=C)C)OC(=O)CC(C)(C)C(C)(C)CNC. The van der Waals surface area contributed by atoms with Crippen molar-refractivity contribution in [3.05, 3.63) is 48.6 Å². The van der Waals surface area contributed by atoms with Crippen molar-refractivity contribution in [1.82, 2.24) is 5.32 Å². The second-order valence-electron chi connectivity index (χ2n) is 19.2. The van der Waals surface area contributed by atoms with E-state index in [1.807, 2.05) is 7.05 Å². The van der Waals surface area contributed by atoms with Gasteiger partial charge in [-0.1, -0.05) is 166 Å². The summed E-state index contributed by atoms with van der Waals surface area (Å²) in [7, 11) is 2.00. The van der Waals surface area contributed by atoms with Crippen LogP contribution in [-0.4, -0.2) is 25.7 Å². The van der Waals surface area contributed by atoms with E-state index in [0.717, 1.165) is 19.4 Å². The molecule has 0 aromatic carbocycles. The Morgan fingerprint density at radius 2 is 0.804 bits per heavy atom. The largest absolute Gasteiger partial charge is 0.462 e. The highest BCUT2D eigenvalue weighted by Crippen LogP contribution is 2.41. The number of unbranched alkanes of at least 4 members (excludes halogenated alkanes) is 24. The molecule has 0 atom stereocenters. The average molecular weight is 782 g/mol. The van der Waals surface area contributed by atoms with Gasteiger partial charge in [0.1, 0.15) is 6.10 Å². The molecule has 0 spiro atoms. The lowest BCUT2D eigenvalue weighted by Gasteiger charge is -2.41. The number of nitrogens with one attached hydrogen (secondary N) is 1. The van der Waals surface area contributed by atoms with E-state index in [1.165, 1.54) is 204 Å². The summed E-state index contributed by atoms with van der Waals surface area (Å²) in [5, 5.41) is 3.32. The summed E-state index contributed by atoms with van der Waals surface area (Å²) in [5.41, 5.74) is 2.54. The minimum absolute atomic E-state index is 0.00563. The maximum Gasteiger partial charge on any atom is 0.306 e. The van der Waals surface area contributed by atoms with Crippen LogP contribution in [0.25, 0.3) is 0 Å². The molecular formula is C53H99NO2. The zero-order valence-corrected chi connectivity index (χ0v) is 39.2. The van der Waals surface area contributed by atoms with Gasteiger partial charge in [-0.25, -0.2) is 0 Å². The van der Waals surface area contributed by atoms with Gasteiger partial charge in [0.05, 0.1) is 6.42 Å². The van der Waals surface area contributed by atoms with Crippen molar-refractivity contribution in [2.45, 2.75) is 260 Å². The van der Waals surface area contributed by atoms with Crippen molar-refractivity contribution in [1.29, 1.82) is 0 Å². The van der Waals surface area contributed by atoms with Gasteiger partial charge in [0.25, 0.3) is 0 Å². The van der Waals surface area contributed by atoms with Crippen LogP contribution in [0.3, 0.4) is 0 Å². The zero-order valence-electron chi connectivity index (χ0n) is 39.2. The number of rotatable bonds is 42. The van der Waals surface area contributed by atoms with E-state index in [2.05, 4.69) is 84.3 Å². The molecule has 56 heavy (non-hydrogen) atoms. The molecule has 0 rings (SSSR count). The Hall–Kier alpha value is -1.61. The third-order valence-corrected chi connectivity index (χ3v) is 12.4. The van der Waals surface area contributed by atoms with E-state index in [1.54, 1.807) is 0 Å². The maximum absolute atomic E-state index is 13.3. The first kappa shape index (κ1) is 54.4. The van der Waals surface area contributed by atoms with Crippen LogP contribution in [0.15, 0.2) is 48.6 Å². The first-order chi connectivity index (χ1) is 26.9. The average Bonchev–Trinajstić information content (AvgIpc) is 3.13. The number of esters is 1. The van der Waals surface area contributed by atoms with E-state index in [9.17, 15) is 4.79 Å². The molecule has 0 aromatic rings. The van der Waals surface area contributed by atoms with Crippen LogP contribution in [0.5, 0.6) is 0 Å². The first-order valence-corrected chi connectivity index (χ1v) is 24.3. The van der Waals surface area contributed by atoms with Crippen molar-refractivity contribution in [3.63, 3.8) is 0 Å². The number of ether oxygens (including phenoxy) is 1. The summed E-state index contributed by atoms with van der Waals surface area (Å²) in [6.07, 6.45) is 51.3. The van der Waals surface area contributed by atoms with Crippen LogP contribution >= 0.6 is 0 Å². The monoisotopic (exact) mass is 782 g/mol. The molecule has 0 unspecified atom stereocenters. The van der Waals surface area contributed by atoms with Crippen LogP contribution < -0.4 is 5.32 Å². The van der Waals surface area contributed by atoms with Gasteiger partial charge in [0, 0.05) is 6.54 Å². The predicted octanol–water partition coefficient (Wildman–Crippen LogP) is 17.3. The van der Waals surface area contributed by atoms with Gasteiger partial charge in [0.15, 0.2) is 0 Å². The normalized spacial score (nSPS) is 12.4. The molecule has 0 saturated heterocycles. The smallest absolute Gasteiger partial charge is 0.306 e. The lowest BCUT2D eigenvalue weighted by molar-refractivity contribution is -0.154. The van der Waals surface area contributed by atoms with Crippen molar-refractivity contribution in [2.75, 3.05) is 13.6 Å². The molecular weight excluding hydrogens is 683 g/mol. The Morgan fingerprint density at radius 1 is 0.500 bits per heavy atom. The third-order valence-electron chi connectivity index (χ3n) is 12.4. The van der Waals surface area contributed by atoms with E-state index in [0.29, 0.717) is 6.42 Å². The molecule has 3 nitrogen and oxygen atoms in total. The Balaban J connectivity index is 4.25. The highest BCUT2D eigenvalue weighted by molar-refractivity contribution is 5.70. The van der Waals surface area contributed by atoms with Gasteiger partial charge in [-0.2, -0.15) is 0 Å². The van der Waals surface area contributed by atoms with Crippen molar-refractivity contribution in [2.24, 2.45) is 10.8 Å². The van der Waals surface area contributed by atoms with E-state index in [4.69, 9.17) is 4.74 Å². The Morgan fingerprint density at radius 3 is 1.12 bits per heavy atom. The second kappa shape index (κ2) is 37.6. The van der Waals surface area contributed by atoms with Crippen LogP contribution in [0, 0.1) is 10.8 Å². The van der Waals surface area contributed by atoms with E-state index >= 15 is 0 Å². The fraction of sp³-hybridized carbons (Fsp3) is 0.830. The summed E-state index contributed by atoms with van der Waals surface area (Å²) in [6, 6.07) is 0.